The fourth-order valence-electron chi connectivity index (χ4n) is 1.82. The van der Waals surface area contributed by atoms with Gasteiger partial charge in [-0.05, 0) is 5.56 Å². The summed E-state index contributed by atoms with van der Waals surface area (Å²) in [6.07, 6.45) is 2.69. The van der Waals surface area contributed by atoms with Gasteiger partial charge in [0.2, 0.25) is 0 Å². The molecule has 0 amide bonds. The van der Waals surface area contributed by atoms with Crippen LogP contribution in [0.15, 0.2) is 30.3 Å². The van der Waals surface area contributed by atoms with Gasteiger partial charge < -0.3 is 5.11 Å². The molecule has 0 spiro atoms. The summed E-state index contributed by atoms with van der Waals surface area (Å²) in [5, 5.41) is 8.46. The predicted octanol–water partition coefficient (Wildman–Crippen LogP) is 0.0736. The van der Waals surface area contributed by atoms with Crippen LogP contribution in [0.3, 0.4) is 0 Å². The number of fused-ring (bicyclic) bond motifs is 1. The fourth-order valence-corrected chi connectivity index (χ4v) is 2.68. The first-order valence-electron chi connectivity index (χ1n) is 4.59. The van der Waals surface area contributed by atoms with E-state index in [0.717, 1.165) is 0 Å². The normalized spacial score (nSPS) is 28.8. The van der Waals surface area contributed by atoms with Crippen molar-refractivity contribution in [2.75, 3.05) is 0 Å². The second-order valence-corrected chi connectivity index (χ2v) is 5.25. The highest BCUT2D eigenvalue weighted by molar-refractivity contribution is 7.86. The van der Waals surface area contributed by atoms with Crippen LogP contribution in [0.2, 0.25) is 0 Å². The van der Waals surface area contributed by atoms with Crippen molar-refractivity contribution in [3.8, 4) is 0 Å². The van der Waals surface area contributed by atoms with Crippen molar-refractivity contribution in [3.05, 3.63) is 41.5 Å². The molecule has 0 aliphatic heterocycles. The molecule has 2 atom stereocenters. The molecule has 0 bridgehead atoms. The average Bonchev–Trinajstić information content (AvgIpc) is 2.15. The highest BCUT2D eigenvalue weighted by Crippen LogP contribution is 2.32. The van der Waals surface area contributed by atoms with E-state index in [2.05, 4.69) is 0 Å². The molecule has 1 aliphatic carbocycles. The minimum atomic E-state index is -4.44. The van der Waals surface area contributed by atoms with E-state index in [1.54, 1.807) is 18.2 Å². The SMILES string of the molecule is NC1(O)c2ccccc2C=CC1S(=O)(=O)O. The van der Waals surface area contributed by atoms with Crippen LogP contribution in [-0.2, 0) is 15.8 Å². The maximum Gasteiger partial charge on any atom is 0.276 e. The first kappa shape index (κ1) is 11.3. The smallest absolute Gasteiger partial charge is 0.276 e. The van der Waals surface area contributed by atoms with Gasteiger partial charge in [-0.1, -0.05) is 36.4 Å². The van der Waals surface area contributed by atoms with E-state index in [1.165, 1.54) is 18.2 Å². The third-order valence-corrected chi connectivity index (χ3v) is 3.76. The van der Waals surface area contributed by atoms with Gasteiger partial charge in [0.05, 0.1) is 0 Å². The molecule has 0 heterocycles. The van der Waals surface area contributed by atoms with Crippen LogP contribution >= 0.6 is 0 Å². The van der Waals surface area contributed by atoms with Crippen molar-refractivity contribution in [2.45, 2.75) is 11.0 Å². The molecule has 0 aromatic heterocycles. The van der Waals surface area contributed by atoms with Crippen molar-refractivity contribution >= 4 is 16.2 Å². The second-order valence-electron chi connectivity index (χ2n) is 3.71. The molecule has 86 valence electrons. The molecule has 2 rings (SSSR count). The standard InChI is InChI=1S/C10H11NO4S/c11-10(12)8-4-2-1-3-7(8)5-6-9(10)16(13,14)15/h1-6,9,12H,11H2,(H,13,14,15). The second kappa shape index (κ2) is 3.39. The number of nitrogens with two attached hydrogens (primary N) is 1. The Labute approximate surface area is 93.0 Å². The lowest BCUT2D eigenvalue weighted by atomic mass is 9.90. The van der Waals surface area contributed by atoms with Gasteiger partial charge in [-0.2, -0.15) is 8.42 Å². The summed E-state index contributed by atoms with van der Waals surface area (Å²) in [5.74, 6) is 0. The van der Waals surface area contributed by atoms with Crippen molar-refractivity contribution in [1.82, 2.24) is 0 Å². The minimum absolute atomic E-state index is 0.278. The molecular formula is C10H11NO4S. The lowest BCUT2D eigenvalue weighted by molar-refractivity contribution is 0.0466. The largest absolute Gasteiger partial charge is 0.370 e. The molecule has 0 saturated carbocycles. The van der Waals surface area contributed by atoms with E-state index < -0.39 is 21.1 Å². The number of benzene rings is 1. The van der Waals surface area contributed by atoms with Crippen molar-refractivity contribution in [1.29, 1.82) is 0 Å². The molecule has 16 heavy (non-hydrogen) atoms. The molecule has 0 saturated heterocycles. The number of hydrogen-bond acceptors (Lipinski definition) is 4. The van der Waals surface area contributed by atoms with Crippen molar-refractivity contribution in [2.24, 2.45) is 5.73 Å². The number of hydrogen-bond donors (Lipinski definition) is 3. The quantitative estimate of drug-likeness (QED) is 0.477. The molecule has 1 aromatic carbocycles. The molecule has 6 heteroatoms. The highest BCUT2D eigenvalue weighted by atomic mass is 32.2. The van der Waals surface area contributed by atoms with Crippen LogP contribution in [0, 0.1) is 0 Å². The highest BCUT2D eigenvalue weighted by Gasteiger charge is 2.44. The van der Waals surface area contributed by atoms with Gasteiger partial charge in [0.1, 0.15) is 0 Å². The van der Waals surface area contributed by atoms with E-state index in [9.17, 15) is 13.5 Å². The molecule has 1 aliphatic rings. The van der Waals surface area contributed by atoms with Crippen molar-refractivity contribution < 1.29 is 18.1 Å². The summed E-state index contributed by atoms with van der Waals surface area (Å²) in [4.78, 5) is 0. The van der Waals surface area contributed by atoms with Crippen LogP contribution in [0.25, 0.3) is 6.08 Å². The van der Waals surface area contributed by atoms with E-state index in [0.29, 0.717) is 5.56 Å². The van der Waals surface area contributed by atoms with E-state index in [-0.39, 0.29) is 5.56 Å². The Balaban J connectivity index is 2.63. The maximum absolute atomic E-state index is 11.1. The third-order valence-electron chi connectivity index (χ3n) is 2.60. The fraction of sp³-hybridized carbons (Fsp3) is 0.200. The Bertz CT molecular complexity index is 548. The zero-order valence-electron chi connectivity index (χ0n) is 8.24. The average molecular weight is 241 g/mol. The van der Waals surface area contributed by atoms with Crippen LogP contribution in [0.4, 0.5) is 0 Å². The first-order chi connectivity index (χ1) is 7.33. The zero-order chi connectivity index (χ0) is 12.0. The summed E-state index contributed by atoms with van der Waals surface area (Å²) < 4.78 is 31.1. The molecular weight excluding hydrogens is 230 g/mol. The lowest BCUT2D eigenvalue weighted by Crippen LogP contribution is -2.52. The first-order valence-corrected chi connectivity index (χ1v) is 6.09. The number of aliphatic hydroxyl groups is 1. The van der Waals surface area contributed by atoms with E-state index in [4.69, 9.17) is 10.3 Å². The van der Waals surface area contributed by atoms with Gasteiger partial charge in [-0.3, -0.25) is 10.3 Å². The summed E-state index contributed by atoms with van der Waals surface area (Å²) in [6, 6.07) is 6.60. The molecule has 5 nitrogen and oxygen atoms in total. The van der Waals surface area contributed by atoms with Crippen LogP contribution in [-0.4, -0.2) is 23.3 Å². The number of rotatable bonds is 1. The Morgan fingerprint density at radius 1 is 1.31 bits per heavy atom. The zero-order valence-corrected chi connectivity index (χ0v) is 9.05. The monoisotopic (exact) mass is 241 g/mol. The summed E-state index contributed by atoms with van der Waals surface area (Å²) in [6.45, 7) is 0. The molecule has 0 radical (unpaired) electrons. The van der Waals surface area contributed by atoms with Crippen LogP contribution in [0.5, 0.6) is 0 Å². The minimum Gasteiger partial charge on any atom is -0.370 e. The predicted molar refractivity (Wildman–Crippen MR) is 58.9 cm³/mol. The Hall–Kier alpha value is -1.21. The van der Waals surface area contributed by atoms with Gasteiger partial charge in [-0.25, -0.2) is 0 Å². The summed E-state index contributed by atoms with van der Waals surface area (Å²) in [7, 11) is -4.44. The van der Waals surface area contributed by atoms with Gasteiger partial charge in [0, 0.05) is 5.56 Å². The Morgan fingerprint density at radius 2 is 1.94 bits per heavy atom. The van der Waals surface area contributed by atoms with Gasteiger partial charge >= 0.3 is 0 Å². The third kappa shape index (κ3) is 1.65. The Morgan fingerprint density at radius 3 is 2.56 bits per heavy atom. The maximum atomic E-state index is 11.1. The summed E-state index contributed by atoms with van der Waals surface area (Å²) in [5.41, 5.74) is 4.38. The lowest BCUT2D eigenvalue weighted by Gasteiger charge is -2.32. The Kier molecular flexibility index (Phi) is 2.39. The molecule has 0 fully saturated rings. The van der Waals surface area contributed by atoms with Gasteiger partial charge in [-0.15, -0.1) is 0 Å². The molecule has 2 unspecified atom stereocenters. The van der Waals surface area contributed by atoms with Crippen molar-refractivity contribution in [3.63, 3.8) is 0 Å². The molecule has 4 N–H and O–H groups in total. The topological polar surface area (TPSA) is 101 Å². The van der Waals surface area contributed by atoms with Gasteiger partial charge in [0.15, 0.2) is 11.0 Å². The van der Waals surface area contributed by atoms with Gasteiger partial charge in [0.25, 0.3) is 10.1 Å². The van der Waals surface area contributed by atoms with Crippen LogP contribution < -0.4 is 5.73 Å². The van der Waals surface area contributed by atoms with E-state index >= 15 is 0 Å². The van der Waals surface area contributed by atoms with Crippen LogP contribution in [0.1, 0.15) is 11.1 Å². The van der Waals surface area contributed by atoms with E-state index in [1.807, 2.05) is 0 Å². The molecule has 1 aromatic rings. The summed E-state index contributed by atoms with van der Waals surface area (Å²) >= 11 is 0.